The summed E-state index contributed by atoms with van der Waals surface area (Å²) in [7, 11) is -7.14. The predicted octanol–water partition coefficient (Wildman–Crippen LogP) is -0.283. The molecule has 0 N–H and O–H groups in total. The van der Waals surface area contributed by atoms with Gasteiger partial charge in [0.15, 0.2) is 0 Å². The van der Waals surface area contributed by atoms with Crippen molar-refractivity contribution in [3.05, 3.63) is 0 Å². The van der Waals surface area contributed by atoms with Gasteiger partial charge in [-0.1, -0.05) is 6.92 Å². The lowest BCUT2D eigenvalue weighted by atomic mass is 10.3. The topological polar surface area (TPSA) is 86.7 Å². The summed E-state index contributed by atoms with van der Waals surface area (Å²) in [4.78, 5) is 0. The number of hydrogen-bond donors (Lipinski definition) is 0. The summed E-state index contributed by atoms with van der Waals surface area (Å²) >= 11 is 0. The van der Waals surface area contributed by atoms with E-state index < -0.39 is 26.3 Å². The molecule has 0 radical (unpaired) electrons. The van der Waals surface area contributed by atoms with Gasteiger partial charge in [0.05, 0.1) is 19.1 Å². The van der Waals surface area contributed by atoms with Crippen LogP contribution in [0.25, 0.3) is 0 Å². The van der Waals surface area contributed by atoms with Crippen molar-refractivity contribution in [1.82, 2.24) is 0 Å². The average Bonchev–Trinajstić information content (AvgIpc) is 1.94. The third-order valence-electron chi connectivity index (χ3n) is 1.23. The lowest BCUT2D eigenvalue weighted by Crippen LogP contribution is -2.23. The first-order chi connectivity index (χ1) is 6.14. The van der Waals surface area contributed by atoms with Crippen LogP contribution in [0, 0.1) is 0 Å². The molecule has 0 aliphatic rings. The highest BCUT2D eigenvalue weighted by Crippen LogP contribution is 2.04. The van der Waals surface area contributed by atoms with Crippen molar-refractivity contribution >= 4 is 20.2 Å². The Morgan fingerprint density at radius 1 is 1.07 bits per heavy atom. The molecule has 14 heavy (non-hydrogen) atoms. The molecule has 0 aliphatic heterocycles. The largest absolute Gasteiger partial charge is 0.268 e. The first-order valence-electron chi connectivity index (χ1n) is 3.86. The van der Waals surface area contributed by atoms with E-state index in [4.69, 9.17) is 0 Å². The molecule has 8 heteroatoms. The Bertz CT molecular complexity index is 354. The fraction of sp³-hybridized carbons (Fsp3) is 1.00. The minimum absolute atomic E-state index is 0.289. The maximum atomic E-state index is 10.7. The van der Waals surface area contributed by atoms with Gasteiger partial charge in [-0.3, -0.25) is 8.37 Å². The molecule has 0 aromatic rings. The minimum atomic E-state index is -3.58. The van der Waals surface area contributed by atoms with Crippen molar-refractivity contribution in [1.29, 1.82) is 0 Å². The summed E-state index contributed by atoms with van der Waals surface area (Å²) in [6.45, 7) is 1.38. The van der Waals surface area contributed by atoms with E-state index >= 15 is 0 Å². The highest BCUT2D eigenvalue weighted by atomic mass is 32.2. The van der Waals surface area contributed by atoms with Crippen molar-refractivity contribution in [2.24, 2.45) is 0 Å². The molecule has 0 spiro atoms. The molecule has 0 saturated heterocycles. The second kappa shape index (κ2) is 5.06. The van der Waals surface area contributed by atoms with E-state index in [-0.39, 0.29) is 6.61 Å². The summed E-state index contributed by atoms with van der Waals surface area (Å²) in [5.41, 5.74) is 0. The van der Waals surface area contributed by atoms with Crippen molar-refractivity contribution in [3.63, 3.8) is 0 Å². The standard InChI is InChI=1S/C6H14O6S2/c1-4-6(12-14(3,9)10)5-11-13(2,7)8/h6H,4-5H2,1-3H3. The summed E-state index contributed by atoms with van der Waals surface area (Å²) in [5, 5.41) is 0. The Labute approximate surface area is 84.5 Å². The molecule has 1 atom stereocenters. The summed E-state index contributed by atoms with van der Waals surface area (Å²) < 4.78 is 51.6. The van der Waals surface area contributed by atoms with Crippen LogP contribution in [0.5, 0.6) is 0 Å². The average molecular weight is 246 g/mol. The molecule has 0 saturated carbocycles. The normalized spacial score (nSPS) is 15.4. The van der Waals surface area contributed by atoms with Gasteiger partial charge in [0, 0.05) is 0 Å². The second-order valence-electron chi connectivity index (χ2n) is 2.82. The van der Waals surface area contributed by atoms with Gasteiger partial charge in [-0.15, -0.1) is 0 Å². The first-order valence-corrected chi connectivity index (χ1v) is 7.50. The van der Waals surface area contributed by atoms with Gasteiger partial charge in [-0.2, -0.15) is 16.8 Å². The van der Waals surface area contributed by atoms with E-state index in [1.165, 1.54) is 0 Å². The van der Waals surface area contributed by atoms with Crippen LogP contribution in [0.3, 0.4) is 0 Å². The van der Waals surface area contributed by atoms with Gasteiger partial charge in [0.25, 0.3) is 20.2 Å². The summed E-state index contributed by atoms with van der Waals surface area (Å²) in [5.74, 6) is 0. The smallest absolute Gasteiger partial charge is 0.264 e. The third kappa shape index (κ3) is 8.42. The zero-order chi connectivity index (χ0) is 11.4. The van der Waals surface area contributed by atoms with Crippen molar-refractivity contribution < 1.29 is 25.2 Å². The maximum Gasteiger partial charge on any atom is 0.264 e. The van der Waals surface area contributed by atoms with E-state index in [1.54, 1.807) is 6.92 Å². The quantitative estimate of drug-likeness (QED) is 0.599. The van der Waals surface area contributed by atoms with E-state index in [0.29, 0.717) is 6.42 Å². The second-order valence-corrected chi connectivity index (χ2v) is 6.06. The van der Waals surface area contributed by atoms with Crippen LogP contribution in [-0.2, 0) is 28.6 Å². The lowest BCUT2D eigenvalue weighted by Gasteiger charge is -2.12. The van der Waals surface area contributed by atoms with Crippen molar-refractivity contribution in [2.45, 2.75) is 19.4 Å². The van der Waals surface area contributed by atoms with Crippen LogP contribution < -0.4 is 0 Å². The van der Waals surface area contributed by atoms with Gasteiger partial charge < -0.3 is 0 Å². The Balaban J connectivity index is 4.19. The summed E-state index contributed by atoms with van der Waals surface area (Å²) in [6, 6.07) is 0. The summed E-state index contributed by atoms with van der Waals surface area (Å²) in [6.07, 6.45) is 1.37. The molecule has 0 amide bonds. The monoisotopic (exact) mass is 246 g/mol. The SMILES string of the molecule is CCC(COS(C)(=O)=O)OS(C)(=O)=O. The van der Waals surface area contributed by atoms with E-state index in [0.717, 1.165) is 12.5 Å². The molecule has 0 rings (SSSR count). The van der Waals surface area contributed by atoms with Gasteiger partial charge >= 0.3 is 0 Å². The molecule has 0 heterocycles. The molecule has 0 aromatic heterocycles. The zero-order valence-electron chi connectivity index (χ0n) is 8.26. The predicted molar refractivity (Wildman–Crippen MR) is 50.8 cm³/mol. The maximum absolute atomic E-state index is 10.7. The zero-order valence-corrected chi connectivity index (χ0v) is 9.89. The van der Waals surface area contributed by atoms with E-state index in [2.05, 4.69) is 8.37 Å². The molecular weight excluding hydrogens is 232 g/mol. The Kier molecular flexibility index (Phi) is 4.99. The van der Waals surface area contributed by atoms with Crippen LogP contribution in [0.2, 0.25) is 0 Å². The van der Waals surface area contributed by atoms with Crippen LogP contribution in [-0.4, -0.2) is 42.1 Å². The molecule has 86 valence electrons. The first kappa shape index (κ1) is 13.8. The van der Waals surface area contributed by atoms with Crippen LogP contribution in [0.15, 0.2) is 0 Å². The molecule has 0 fully saturated rings. The van der Waals surface area contributed by atoms with Crippen molar-refractivity contribution in [3.8, 4) is 0 Å². The molecule has 1 unspecified atom stereocenters. The Hall–Kier alpha value is -0.180. The van der Waals surface area contributed by atoms with Gasteiger partial charge in [0.1, 0.15) is 6.10 Å². The third-order valence-corrected chi connectivity index (χ3v) is 2.42. The fourth-order valence-corrected chi connectivity index (χ4v) is 1.75. The molecular formula is C6H14O6S2. The number of hydrogen-bond acceptors (Lipinski definition) is 6. The Morgan fingerprint density at radius 3 is 1.86 bits per heavy atom. The van der Waals surface area contributed by atoms with E-state index in [9.17, 15) is 16.8 Å². The van der Waals surface area contributed by atoms with Crippen LogP contribution >= 0.6 is 0 Å². The van der Waals surface area contributed by atoms with Gasteiger partial charge in [0.2, 0.25) is 0 Å². The highest BCUT2D eigenvalue weighted by Gasteiger charge is 2.16. The fourth-order valence-electron chi connectivity index (χ4n) is 0.660. The molecule has 6 nitrogen and oxygen atoms in total. The number of rotatable bonds is 6. The highest BCUT2D eigenvalue weighted by molar-refractivity contribution is 7.86. The molecule has 0 aromatic carbocycles. The van der Waals surface area contributed by atoms with Crippen LogP contribution in [0.4, 0.5) is 0 Å². The Morgan fingerprint density at radius 2 is 1.57 bits per heavy atom. The van der Waals surface area contributed by atoms with Gasteiger partial charge in [-0.05, 0) is 6.42 Å². The lowest BCUT2D eigenvalue weighted by molar-refractivity contribution is 0.136. The molecule has 0 bridgehead atoms. The van der Waals surface area contributed by atoms with Gasteiger partial charge in [-0.25, -0.2) is 0 Å². The van der Waals surface area contributed by atoms with E-state index in [1.807, 2.05) is 0 Å². The molecule has 0 aliphatic carbocycles. The van der Waals surface area contributed by atoms with Crippen LogP contribution in [0.1, 0.15) is 13.3 Å². The minimum Gasteiger partial charge on any atom is -0.268 e. The van der Waals surface area contributed by atoms with Crippen molar-refractivity contribution in [2.75, 3.05) is 19.1 Å².